The van der Waals surface area contributed by atoms with Crippen molar-refractivity contribution in [2.24, 2.45) is 7.05 Å². The highest BCUT2D eigenvalue weighted by Gasteiger charge is 2.21. The molecule has 0 atom stereocenters. The van der Waals surface area contributed by atoms with Gasteiger partial charge in [0.25, 0.3) is 26.0 Å². The van der Waals surface area contributed by atoms with Crippen LogP contribution < -0.4 is 10.0 Å². The Morgan fingerprint density at radius 2 is 1.79 bits per heavy atom. The second-order valence-electron chi connectivity index (χ2n) is 7.20. The molecule has 0 aliphatic rings. The van der Waals surface area contributed by atoms with Crippen molar-refractivity contribution >= 4 is 59.8 Å². The molecular formula is C19H16ClFN6O5S2. The van der Waals surface area contributed by atoms with Gasteiger partial charge in [-0.2, -0.15) is 14.3 Å². The Hall–Kier alpha value is -3.49. The van der Waals surface area contributed by atoms with E-state index in [0.717, 1.165) is 24.7 Å². The van der Waals surface area contributed by atoms with Crippen molar-refractivity contribution in [2.75, 3.05) is 16.3 Å². The van der Waals surface area contributed by atoms with Gasteiger partial charge in [-0.15, -0.1) is 0 Å². The van der Waals surface area contributed by atoms with Gasteiger partial charge in [0.2, 0.25) is 0 Å². The van der Waals surface area contributed by atoms with E-state index in [4.69, 9.17) is 11.6 Å². The first-order valence-corrected chi connectivity index (χ1v) is 13.1. The van der Waals surface area contributed by atoms with Crippen LogP contribution in [-0.4, -0.2) is 48.0 Å². The molecule has 4 rings (SSSR count). The second kappa shape index (κ2) is 8.38. The third-order valence-electron chi connectivity index (χ3n) is 4.67. The Bertz CT molecular complexity index is 1660. The molecule has 1 amide bonds. The van der Waals surface area contributed by atoms with Gasteiger partial charge in [0.05, 0.1) is 34.9 Å². The Balaban J connectivity index is 1.61. The molecule has 15 heteroatoms. The Morgan fingerprint density at radius 3 is 2.44 bits per heavy atom. The SMILES string of the molecule is Cn1nc2cc(NS(=O)(=O)c3cnn(S(C)(=O)=O)c3)ccc2c1C(=O)Nc1ccc(F)c(Cl)c1. The number of benzene rings is 2. The van der Waals surface area contributed by atoms with E-state index in [1.807, 2.05) is 0 Å². The van der Waals surface area contributed by atoms with Crippen LogP contribution in [0, 0.1) is 5.82 Å². The highest BCUT2D eigenvalue weighted by molar-refractivity contribution is 7.92. The van der Waals surface area contributed by atoms with E-state index >= 15 is 0 Å². The molecule has 2 aromatic heterocycles. The molecule has 178 valence electrons. The van der Waals surface area contributed by atoms with Crippen molar-refractivity contribution in [1.29, 1.82) is 0 Å². The number of carbonyl (C=O) groups excluding carboxylic acids is 1. The number of aromatic nitrogens is 4. The highest BCUT2D eigenvalue weighted by atomic mass is 35.5. The lowest BCUT2D eigenvalue weighted by Crippen LogP contribution is -2.16. The fourth-order valence-corrected chi connectivity index (χ4v) is 4.87. The summed E-state index contributed by atoms with van der Waals surface area (Å²) in [6, 6.07) is 8.10. The lowest BCUT2D eigenvalue weighted by molar-refractivity contribution is 0.101. The van der Waals surface area contributed by atoms with Crippen LogP contribution in [0.2, 0.25) is 5.02 Å². The molecule has 0 spiro atoms. The quantitative estimate of drug-likeness (QED) is 0.392. The zero-order chi connectivity index (χ0) is 24.8. The Morgan fingerprint density at radius 1 is 1.09 bits per heavy atom. The summed E-state index contributed by atoms with van der Waals surface area (Å²) < 4.78 is 65.9. The maximum Gasteiger partial charge on any atom is 0.274 e. The number of halogens is 2. The topological polar surface area (TPSA) is 145 Å². The summed E-state index contributed by atoms with van der Waals surface area (Å²) in [6.45, 7) is 0. The molecule has 0 unspecified atom stereocenters. The van der Waals surface area contributed by atoms with Gasteiger partial charge in [-0.05, 0) is 36.4 Å². The fourth-order valence-electron chi connectivity index (χ4n) is 3.12. The van der Waals surface area contributed by atoms with Gasteiger partial charge in [-0.1, -0.05) is 11.6 Å². The molecule has 2 heterocycles. The minimum atomic E-state index is -4.14. The maximum absolute atomic E-state index is 13.4. The lowest BCUT2D eigenvalue weighted by atomic mass is 10.2. The standard InChI is InChI=1S/C19H16ClFN6O5S2/c1-26-18(19(28)23-11-4-6-16(21)15(20)7-11)14-5-3-12(8-17(14)24-26)25-34(31,32)13-9-22-27(10-13)33(2,29)30/h3-10,25H,1-2H3,(H,23,28). The molecule has 4 aromatic rings. The molecule has 34 heavy (non-hydrogen) atoms. The number of hydrogen-bond donors (Lipinski definition) is 2. The van der Waals surface area contributed by atoms with Gasteiger partial charge < -0.3 is 5.32 Å². The van der Waals surface area contributed by atoms with E-state index in [2.05, 4.69) is 20.2 Å². The van der Waals surface area contributed by atoms with E-state index in [1.165, 1.54) is 42.1 Å². The Labute approximate surface area is 198 Å². The fraction of sp³-hybridized carbons (Fsp3) is 0.105. The first-order valence-electron chi connectivity index (χ1n) is 9.36. The summed E-state index contributed by atoms with van der Waals surface area (Å²) in [5.74, 6) is -1.15. The number of rotatable bonds is 6. The number of hydrogen-bond acceptors (Lipinski definition) is 7. The molecule has 0 aliphatic heterocycles. The highest BCUT2D eigenvalue weighted by Crippen LogP contribution is 2.25. The molecule has 2 aromatic carbocycles. The molecular weight excluding hydrogens is 511 g/mol. The number of carbonyl (C=O) groups is 1. The van der Waals surface area contributed by atoms with Crippen molar-refractivity contribution in [1.82, 2.24) is 19.0 Å². The predicted molar refractivity (Wildman–Crippen MR) is 123 cm³/mol. The molecule has 0 aliphatic carbocycles. The zero-order valence-electron chi connectivity index (χ0n) is 17.5. The third kappa shape index (κ3) is 4.60. The van der Waals surface area contributed by atoms with E-state index in [1.54, 1.807) is 0 Å². The third-order valence-corrected chi connectivity index (χ3v) is 7.17. The Kier molecular flexibility index (Phi) is 5.83. The van der Waals surface area contributed by atoms with Crippen LogP contribution in [0.1, 0.15) is 10.5 Å². The molecule has 0 fully saturated rings. The number of anilines is 2. The average Bonchev–Trinajstić information content (AvgIpc) is 3.35. The van der Waals surface area contributed by atoms with E-state index in [-0.39, 0.29) is 27.0 Å². The smallest absolute Gasteiger partial charge is 0.274 e. The van der Waals surface area contributed by atoms with Crippen LogP contribution in [0.15, 0.2) is 53.7 Å². The van der Waals surface area contributed by atoms with Gasteiger partial charge in [-0.25, -0.2) is 21.2 Å². The van der Waals surface area contributed by atoms with Gasteiger partial charge >= 0.3 is 0 Å². The normalized spacial score (nSPS) is 12.1. The zero-order valence-corrected chi connectivity index (χ0v) is 19.9. The summed E-state index contributed by atoms with van der Waals surface area (Å²) in [6.07, 6.45) is 2.67. The first kappa shape index (κ1) is 23.7. The number of nitrogens with one attached hydrogen (secondary N) is 2. The number of amides is 1. The lowest BCUT2D eigenvalue weighted by Gasteiger charge is -2.07. The van der Waals surface area contributed by atoms with Gasteiger partial charge in [0, 0.05) is 18.1 Å². The first-order chi connectivity index (χ1) is 15.8. The van der Waals surface area contributed by atoms with Crippen molar-refractivity contribution in [3.8, 4) is 0 Å². The summed E-state index contributed by atoms with van der Waals surface area (Å²) in [5.41, 5.74) is 0.913. The number of aryl methyl sites for hydroxylation is 1. The van der Waals surface area contributed by atoms with E-state index in [0.29, 0.717) is 15.0 Å². The number of fused-ring (bicyclic) bond motifs is 1. The molecule has 0 radical (unpaired) electrons. The van der Waals surface area contributed by atoms with Crippen molar-refractivity contribution < 1.29 is 26.0 Å². The molecule has 0 saturated heterocycles. The number of nitrogens with zero attached hydrogens (tertiary/aromatic N) is 4. The van der Waals surface area contributed by atoms with Crippen LogP contribution in [0.4, 0.5) is 15.8 Å². The van der Waals surface area contributed by atoms with Gasteiger partial charge in [0.1, 0.15) is 16.4 Å². The minimum Gasteiger partial charge on any atom is -0.321 e. The summed E-state index contributed by atoms with van der Waals surface area (Å²) >= 11 is 5.75. The number of sulfonamides is 1. The molecule has 0 saturated carbocycles. The predicted octanol–water partition coefficient (Wildman–Crippen LogP) is 2.42. The molecule has 2 N–H and O–H groups in total. The summed E-state index contributed by atoms with van der Waals surface area (Å²) in [4.78, 5) is 12.5. The monoisotopic (exact) mass is 526 g/mol. The van der Waals surface area contributed by atoms with Gasteiger partial charge in [-0.3, -0.25) is 14.2 Å². The van der Waals surface area contributed by atoms with Crippen LogP contribution in [0.25, 0.3) is 10.9 Å². The molecule has 0 bridgehead atoms. The maximum atomic E-state index is 13.4. The average molecular weight is 527 g/mol. The second-order valence-corrected chi connectivity index (χ2v) is 11.1. The minimum absolute atomic E-state index is 0.134. The molecule has 11 nitrogen and oxygen atoms in total. The largest absolute Gasteiger partial charge is 0.321 e. The van der Waals surface area contributed by atoms with Crippen LogP contribution in [0.3, 0.4) is 0 Å². The summed E-state index contributed by atoms with van der Waals surface area (Å²) in [7, 11) is -6.35. The summed E-state index contributed by atoms with van der Waals surface area (Å²) in [5, 5.41) is 10.7. The van der Waals surface area contributed by atoms with E-state index in [9.17, 15) is 26.0 Å². The van der Waals surface area contributed by atoms with Crippen molar-refractivity contribution in [3.05, 3.63) is 65.3 Å². The van der Waals surface area contributed by atoms with Crippen molar-refractivity contribution in [2.45, 2.75) is 4.90 Å². The van der Waals surface area contributed by atoms with E-state index < -0.39 is 31.8 Å². The van der Waals surface area contributed by atoms with Crippen LogP contribution >= 0.6 is 11.6 Å². The van der Waals surface area contributed by atoms with Crippen LogP contribution in [-0.2, 0) is 27.1 Å². The van der Waals surface area contributed by atoms with Crippen LogP contribution in [0.5, 0.6) is 0 Å². The van der Waals surface area contributed by atoms with Gasteiger partial charge in [0.15, 0.2) is 0 Å². The van der Waals surface area contributed by atoms with Crippen molar-refractivity contribution in [3.63, 3.8) is 0 Å².